The highest BCUT2D eigenvalue weighted by Gasteiger charge is 2.17. The molecule has 152 valence electrons. The third-order valence-corrected chi connectivity index (χ3v) is 5.05. The Morgan fingerprint density at radius 2 is 1.86 bits per heavy atom. The van der Waals surface area contributed by atoms with Crippen molar-refractivity contribution in [1.82, 2.24) is 10.3 Å². The molecule has 0 atom stereocenters. The maximum Gasteiger partial charge on any atom is 0.265 e. The quantitative estimate of drug-likeness (QED) is 0.254. The molecule has 7 heteroatoms. The van der Waals surface area contributed by atoms with E-state index >= 15 is 0 Å². The first-order chi connectivity index (χ1) is 13.3. The van der Waals surface area contributed by atoms with Crippen molar-refractivity contribution in [2.24, 2.45) is 5.16 Å². The molecule has 2 aromatic rings. The second-order valence-corrected chi connectivity index (χ2v) is 7.01. The number of carbonyl (C=O) groups excluding carboxylic acids is 1. The Balaban J connectivity index is 0.00000280. The summed E-state index contributed by atoms with van der Waals surface area (Å²) in [6, 6.07) is 8.41. The van der Waals surface area contributed by atoms with Gasteiger partial charge < -0.3 is 15.8 Å². The van der Waals surface area contributed by atoms with Crippen molar-refractivity contribution in [3.8, 4) is 0 Å². The number of pyridine rings is 1. The molecule has 0 fully saturated rings. The van der Waals surface area contributed by atoms with Gasteiger partial charge in [-0.25, -0.2) is 0 Å². The highest BCUT2D eigenvalue weighted by molar-refractivity contribution is 6.25. The van der Waals surface area contributed by atoms with Gasteiger partial charge in [-0.15, -0.1) is 12.4 Å². The first-order valence-electron chi connectivity index (χ1n) is 9.89. The number of halogens is 1. The predicted octanol–water partition coefficient (Wildman–Crippen LogP) is 4.08. The second kappa shape index (κ2) is 11.5. The molecule has 0 saturated carbocycles. The largest absolute Gasteiger partial charge is 0.411 e. The molecule has 1 heterocycles. The molecular weight excluding hydrogens is 376 g/mol. The Morgan fingerprint density at radius 1 is 1.11 bits per heavy atom. The van der Waals surface area contributed by atoms with Crippen molar-refractivity contribution in [2.45, 2.75) is 51.4 Å². The molecule has 0 bridgehead atoms. The van der Waals surface area contributed by atoms with E-state index in [1.807, 2.05) is 0 Å². The molecule has 28 heavy (non-hydrogen) atoms. The first kappa shape index (κ1) is 22.0. The second-order valence-electron chi connectivity index (χ2n) is 7.01. The molecule has 1 amide bonds. The number of rotatable bonds is 9. The normalized spacial score (nSPS) is 13.1. The van der Waals surface area contributed by atoms with E-state index in [0.29, 0.717) is 6.54 Å². The zero-order valence-electron chi connectivity index (χ0n) is 16.1. The highest BCUT2D eigenvalue weighted by atomic mass is 35.5. The number of carbonyl (C=O) groups is 1. The van der Waals surface area contributed by atoms with Crippen LogP contribution in [0.15, 0.2) is 29.4 Å². The molecular formula is C21H29ClN4O2. The van der Waals surface area contributed by atoms with Gasteiger partial charge in [-0.3, -0.25) is 9.78 Å². The number of anilines is 1. The van der Waals surface area contributed by atoms with Crippen LogP contribution in [0.2, 0.25) is 0 Å². The van der Waals surface area contributed by atoms with Gasteiger partial charge in [0.15, 0.2) is 0 Å². The maximum absolute atomic E-state index is 11.1. The lowest BCUT2D eigenvalue weighted by molar-refractivity contribution is -0.114. The lowest BCUT2D eigenvalue weighted by Crippen LogP contribution is -2.25. The maximum atomic E-state index is 11.1. The van der Waals surface area contributed by atoms with Crippen LogP contribution in [-0.2, 0) is 17.6 Å². The minimum Gasteiger partial charge on any atom is -0.411 e. The van der Waals surface area contributed by atoms with Gasteiger partial charge in [0, 0.05) is 29.9 Å². The lowest BCUT2D eigenvalue weighted by atomic mass is 9.92. The average molecular weight is 405 g/mol. The monoisotopic (exact) mass is 404 g/mol. The van der Waals surface area contributed by atoms with Crippen molar-refractivity contribution in [2.75, 3.05) is 18.4 Å². The molecule has 1 aromatic heterocycles. The third kappa shape index (κ3) is 5.83. The Kier molecular flexibility index (Phi) is 9.01. The zero-order valence-corrected chi connectivity index (χ0v) is 16.9. The summed E-state index contributed by atoms with van der Waals surface area (Å²) < 4.78 is 0. The topological polar surface area (TPSA) is 86.6 Å². The predicted molar refractivity (Wildman–Crippen MR) is 116 cm³/mol. The van der Waals surface area contributed by atoms with Crippen LogP contribution in [0.1, 0.15) is 49.8 Å². The van der Waals surface area contributed by atoms with E-state index in [0.717, 1.165) is 56.8 Å². The van der Waals surface area contributed by atoms with Crippen LogP contribution in [0.25, 0.3) is 10.9 Å². The summed E-state index contributed by atoms with van der Waals surface area (Å²) in [5.74, 6) is -0.353. The van der Waals surface area contributed by atoms with Gasteiger partial charge in [0.05, 0.1) is 5.52 Å². The minimum absolute atomic E-state index is 0. The van der Waals surface area contributed by atoms with E-state index < -0.39 is 0 Å². The number of amides is 1. The molecule has 0 saturated heterocycles. The number of aryl methyl sites for hydroxylation is 1. The number of unbranched alkanes of at least 4 members (excludes halogenated alkanes) is 3. The number of hydrogen-bond donors (Lipinski definition) is 3. The van der Waals surface area contributed by atoms with E-state index in [9.17, 15) is 4.79 Å². The standard InChI is InChI=1S/C21H28N4O2.ClH/c26-20(15-24-27)22-13-7-1-2-8-14-23-21-16-9-3-5-11-18(16)25-19-12-6-4-10-17(19)21;/h3,5,9,11,15,27H,1-2,4,6-8,10,12-14H2,(H,22,26)(H,23,25);1H/b24-15+;. The van der Waals surface area contributed by atoms with E-state index in [-0.39, 0.29) is 18.3 Å². The molecule has 0 radical (unpaired) electrons. The summed E-state index contributed by atoms with van der Waals surface area (Å²) in [6.07, 6.45) is 9.76. The van der Waals surface area contributed by atoms with E-state index in [4.69, 9.17) is 10.2 Å². The van der Waals surface area contributed by atoms with Crippen LogP contribution < -0.4 is 10.6 Å². The molecule has 1 aromatic carbocycles. The van der Waals surface area contributed by atoms with Crippen molar-refractivity contribution < 1.29 is 10.0 Å². The van der Waals surface area contributed by atoms with E-state index in [1.165, 1.54) is 35.2 Å². The van der Waals surface area contributed by atoms with Gasteiger partial charge in [0.1, 0.15) is 6.21 Å². The molecule has 3 rings (SSSR count). The van der Waals surface area contributed by atoms with Gasteiger partial charge in [0.25, 0.3) is 5.91 Å². The number of fused-ring (bicyclic) bond motifs is 2. The molecule has 0 aliphatic heterocycles. The van der Waals surface area contributed by atoms with Crippen LogP contribution in [0.3, 0.4) is 0 Å². The third-order valence-electron chi connectivity index (χ3n) is 5.05. The summed E-state index contributed by atoms with van der Waals surface area (Å²) in [4.78, 5) is 16.0. The molecule has 0 spiro atoms. The van der Waals surface area contributed by atoms with Gasteiger partial charge in [-0.2, -0.15) is 0 Å². The summed E-state index contributed by atoms with van der Waals surface area (Å²) in [5, 5.41) is 18.6. The molecule has 3 N–H and O–H groups in total. The lowest BCUT2D eigenvalue weighted by Gasteiger charge is -2.21. The fourth-order valence-electron chi connectivity index (χ4n) is 3.70. The van der Waals surface area contributed by atoms with Gasteiger partial charge in [-0.1, -0.05) is 36.2 Å². The van der Waals surface area contributed by atoms with Crippen molar-refractivity contribution in [3.63, 3.8) is 0 Å². The van der Waals surface area contributed by atoms with Gasteiger partial charge in [-0.05, 0) is 50.2 Å². The summed E-state index contributed by atoms with van der Waals surface area (Å²) in [6.45, 7) is 1.56. The van der Waals surface area contributed by atoms with Crippen LogP contribution in [0, 0.1) is 0 Å². The van der Waals surface area contributed by atoms with E-state index in [2.05, 4.69) is 40.1 Å². The summed E-state index contributed by atoms with van der Waals surface area (Å²) in [7, 11) is 0. The van der Waals surface area contributed by atoms with Crippen LogP contribution >= 0.6 is 12.4 Å². The average Bonchev–Trinajstić information content (AvgIpc) is 2.69. The number of para-hydroxylation sites is 1. The molecule has 1 aliphatic carbocycles. The van der Waals surface area contributed by atoms with Crippen molar-refractivity contribution in [3.05, 3.63) is 35.5 Å². The minimum atomic E-state index is -0.353. The fraction of sp³-hybridized carbons (Fsp3) is 0.476. The van der Waals surface area contributed by atoms with Crippen LogP contribution in [0.5, 0.6) is 0 Å². The summed E-state index contributed by atoms with van der Waals surface area (Å²) in [5.41, 5.74) is 5.05. The number of nitrogens with zero attached hydrogens (tertiary/aromatic N) is 2. The zero-order chi connectivity index (χ0) is 18.9. The van der Waals surface area contributed by atoms with Gasteiger partial charge in [0.2, 0.25) is 0 Å². The Hall–Kier alpha value is -2.34. The van der Waals surface area contributed by atoms with Crippen molar-refractivity contribution >= 4 is 41.1 Å². The van der Waals surface area contributed by atoms with Crippen LogP contribution in [0.4, 0.5) is 5.69 Å². The number of oxime groups is 1. The van der Waals surface area contributed by atoms with Crippen molar-refractivity contribution in [1.29, 1.82) is 0 Å². The number of aromatic nitrogens is 1. The summed E-state index contributed by atoms with van der Waals surface area (Å²) >= 11 is 0. The van der Waals surface area contributed by atoms with E-state index in [1.54, 1.807) is 0 Å². The van der Waals surface area contributed by atoms with Gasteiger partial charge >= 0.3 is 0 Å². The first-order valence-corrected chi connectivity index (χ1v) is 9.89. The Morgan fingerprint density at radius 3 is 2.68 bits per heavy atom. The SMILES string of the molecule is Cl.O=C(/C=N/O)NCCCCCCNc1c2c(nc3ccccc13)CCCC2. The highest BCUT2D eigenvalue weighted by Crippen LogP contribution is 2.33. The number of nitrogens with one attached hydrogen (secondary N) is 2. The number of benzene rings is 1. The molecule has 1 aliphatic rings. The Labute approximate surface area is 172 Å². The molecule has 6 nitrogen and oxygen atoms in total. The fourth-order valence-corrected chi connectivity index (χ4v) is 3.70. The number of hydrogen-bond acceptors (Lipinski definition) is 5. The smallest absolute Gasteiger partial charge is 0.265 e. The van der Waals surface area contributed by atoms with Crippen LogP contribution in [-0.4, -0.2) is 35.4 Å². The Bertz CT molecular complexity index is 810. The molecule has 0 unspecified atom stereocenters.